The fourth-order valence-electron chi connectivity index (χ4n) is 7.39. The van der Waals surface area contributed by atoms with Gasteiger partial charge in [0.05, 0.1) is 25.7 Å². The number of hydrogen-bond donors (Lipinski definition) is 18. The molecule has 0 aromatic heterocycles. The van der Waals surface area contributed by atoms with Crippen LogP contribution in [-0.4, -0.2) is 183 Å². The van der Waals surface area contributed by atoms with E-state index in [-0.39, 0.29) is 43.4 Å². The summed E-state index contributed by atoms with van der Waals surface area (Å²) in [5.41, 5.74) is 22.5. The standard InChI is InChI=1S/C49H80N14O17/c1-22(2)17-28(50)40(71)55-25(7)39(70)60-33(20-64)45(76)57-30(14-15-36(68)69)42(73)58-32(19-35(51)67)44(75)62-37(23(3)4)47(78)59-31(18-26-10-12-27(66)13-11-26)43(74)56-29(9-8-16-54-49(52)53)41(72)61-34(21-65)46(77)63-38(24(5)6)48(79)80/h10-13,22-25,28-34,37-38,64-66H,8-9,14-21,50H2,1-7H3,(H2,51,67)(H,55,71)(H,56,74)(H,57,76)(H,58,73)(H,59,78)(H,60,70)(H,61,72)(H,62,75)(H,63,77)(H,68,69)(H,79,80)(H4,52,53,54)/t25-,28-,29-,30-,31-,32-,33-,34-,37-,38-/m0/s1. The summed E-state index contributed by atoms with van der Waals surface area (Å²) in [5.74, 6) is -15.4. The quantitative estimate of drug-likeness (QED) is 0.0169. The van der Waals surface area contributed by atoms with Gasteiger partial charge in [-0.25, -0.2) is 4.79 Å². The van der Waals surface area contributed by atoms with Crippen LogP contribution in [0.1, 0.15) is 92.6 Å². The number of aliphatic hydroxyl groups excluding tert-OH is 2. The highest BCUT2D eigenvalue weighted by Gasteiger charge is 2.37. The molecule has 10 atom stereocenters. The highest BCUT2D eigenvalue weighted by molar-refractivity contribution is 5.99. The summed E-state index contributed by atoms with van der Waals surface area (Å²) < 4.78 is 0. The molecule has 0 radical (unpaired) electrons. The van der Waals surface area contributed by atoms with E-state index in [1.54, 1.807) is 0 Å². The van der Waals surface area contributed by atoms with Gasteiger partial charge in [0.1, 0.15) is 60.1 Å². The Labute approximate surface area is 461 Å². The molecular formula is C49H80N14O17. The van der Waals surface area contributed by atoms with Crippen LogP contribution < -0.4 is 70.8 Å². The van der Waals surface area contributed by atoms with Gasteiger partial charge in [-0.2, -0.15) is 0 Å². The highest BCUT2D eigenvalue weighted by atomic mass is 16.4. The first-order chi connectivity index (χ1) is 37.3. The molecule has 448 valence electrons. The largest absolute Gasteiger partial charge is 0.508 e. The molecule has 0 saturated heterocycles. The molecule has 0 aliphatic heterocycles. The number of aliphatic carboxylic acids is 2. The average Bonchev–Trinajstić information content (AvgIpc) is 3.36. The zero-order valence-corrected chi connectivity index (χ0v) is 45.8. The van der Waals surface area contributed by atoms with Crippen molar-refractivity contribution in [3.05, 3.63) is 29.8 Å². The number of primary amides is 1. The number of carbonyl (C=O) groups excluding carboxylic acids is 10. The summed E-state index contributed by atoms with van der Waals surface area (Å²) in [5, 5.41) is 70.0. The van der Waals surface area contributed by atoms with Crippen LogP contribution in [0.4, 0.5) is 0 Å². The maximum absolute atomic E-state index is 14.3. The van der Waals surface area contributed by atoms with Crippen LogP contribution in [0, 0.1) is 17.8 Å². The number of rotatable bonds is 36. The second kappa shape index (κ2) is 34.6. The number of benzene rings is 1. The summed E-state index contributed by atoms with van der Waals surface area (Å²) >= 11 is 0. The van der Waals surface area contributed by atoms with Crippen LogP contribution in [0.15, 0.2) is 29.3 Å². The van der Waals surface area contributed by atoms with E-state index in [4.69, 9.17) is 22.9 Å². The van der Waals surface area contributed by atoms with Crippen LogP contribution in [0.25, 0.3) is 0 Å². The van der Waals surface area contributed by atoms with Gasteiger partial charge >= 0.3 is 11.9 Å². The number of nitrogens with zero attached hydrogens (tertiary/aromatic N) is 1. The first kappa shape index (κ1) is 69.8. The van der Waals surface area contributed by atoms with Crippen molar-refractivity contribution < 1.29 is 83.1 Å². The summed E-state index contributed by atoms with van der Waals surface area (Å²) in [6.45, 7) is 8.77. The molecule has 0 fully saturated rings. The van der Waals surface area contributed by atoms with Gasteiger partial charge in [0.25, 0.3) is 0 Å². The average molecular weight is 1140 g/mol. The third-order valence-electron chi connectivity index (χ3n) is 11.8. The predicted molar refractivity (Wildman–Crippen MR) is 284 cm³/mol. The van der Waals surface area contributed by atoms with E-state index in [0.717, 1.165) is 0 Å². The number of phenols is 1. The molecule has 31 heteroatoms. The number of guanidine groups is 1. The monoisotopic (exact) mass is 1140 g/mol. The molecule has 1 aromatic rings. The Kier molecular flexibility index (Phi) is 30.2. The summed E-state index contributed by atoms with van der Waals surface area (Å²) in [7, 11) is 0. The third kappa shape index (κ3) is 25.5. The van der Waals surface area contributed by atoms with Gasteiger partial charge in [-0.15, -0.1) is 0 Å². The lowest BCUT2D eigenvalue weighted by molar-refractivity contribution is -0.144. The number of carboxylic acid groups (broad SMARTS) is 2. The smallest absolute Gasteiger partial charge is 0.326 e. The Morgan fingerprint density at radius 3 is 1.44 bits per heavy atom. The number of phenolic OH excluding ortho intramolecular Hbond substituents is 1. The normalized spacial score (nSPS) is 14.9. The van der Waals surface area contributed by atoms with Crippen LogP contribution in [0.3, 0.4) is 0 Å². The molecule has 10 amide bonds. The molecule has 22 N–H and O–H groups in total. The van der Waals surface area contributed by atoms with Crippen molar-refractivity contribution in [2.75, 3.05) is 19.8 Å². The molecule has 0 saturated carbocycles. The number of carbonyl (C=O) groups is 12. The second-order valence-electron chi connectivity index (χ2n) is 19.9. The van der Waals surface area contributed by atoms with Gasteiger partial charge in [-0.3, -0.25) is 57.7 Å². The highest BCUT2D eigenvalue weighted by Crippen LogP contribution is 2.14. The maximum atomic E-state index is 14.3. The molecule has 0 heterocycles. The van der Waals surface area contributed by atoms with Gasteiger partial charge in [0.2, 0.25) is 59.1 Å². The number of nitrogens with two attached hydrogens (primary N) is 4. The lowest BCUT2D eigenvalue weighted by atomic mass is 9.99. The minimum atomic E-state index is -1.92. The van der Waals surface area contributed by atoms with Crippen molar-refractivity contribution in [2.45, 2.75) is 154 Å². The van der Waals surface area contributed by atoms with Gasteiger partial charge in [-0.05, 0) is 68.1 Å². The Hall–Kier alpha value is -8.19. The minimum Gasteiger partial charge on any atom is -0.508 e. The topological polar surface area (TPSA) is 531 Å². The van der Waals surface area contributed by atoms with Crippen molar-refractivity contribution >= 4 is 77.0 Å². The third-order valence-corrected chi connectivity index (χ3v) is 11.8. The van der Waals surface area contributed by atoms with E-state index in [1.807, 2.05) is 13.8 Å². The van der Waals surface area contributed by atoms with Crippen LogP contribution in [0.5, 0.6) is 5.75 Å². The second-order valence-corrected chi connectivity index (χ2v) is 19.9. The molecule has 1 aromatic carbocycles. The minimum absolute atomic E-state index is 0.0324. The number of amides is 10. The van der Waals surface area contributed by atoms with Crippen LogP contribution in [0.2, 0.25) is 0 Å². The van der Waals surface area contributed by atoms with Crippen LogP contribution >= 0.6 is 0 Å². The fraction of sp³-hybridized carbons (Fsp3) is 0.612. The van der Waals surface area contributed by atoms with E-state index >= 15 is 0 Å². The number of carboxylic acids is 2. The molecule has 0 aliphatic rings. The predicted octanol–water partition coefficient (Wildman–Crippen LogP) is -6.13. The van der Waals surface area contributed by atoms with E-state index in [1.165, 1.54) is 58.9 Å². The zero-order valence-electron chi connectivity index (χ0n) is 45.8. The summed E-state index contributed by atoms with van der Waals surface area (Å²) in [6, 6.07) is -10.2. The van der Waals surface area contributed by atoms with E-state index in [9.17, 15) is 83.1 Å². The molecule has 80 heavy (non-hydrogen) atoms. The van der Waals surface area contributed by atoms with E-state index in [0.29, 0.717) is 12.0 Å². The zero-order chi connectivity index (χ0) is 61.1. The fourth-order valence-corrected chi connectivity index (χ4v) is 7.39. The molecular weight excluding hydrogens is 1060 g/mol. The van der Waals surface area contributed by atoms with Crippen molar-refractivity contribution in [3.63, 3.8) is 0 Å². The number of aliphatic hydroxyl groups is 2. The molecule has 0 bridgehead atoms. The van der Waals surface area contributed by atoms with E-state index in [2.05, 4.69) is 52.8 Å². The van der Waals surface area contributed by atoms with Crippen molar-refractivity contribution in [3.8, 4) is 5.75 Å². The summed E-state index contributed by atoms with van der Waals surface area (Å²) in [4.78, 5) is 162. The lowest BCUT2D eigenvalue weighted by Crippen LogP contribution is -2.62. The Balaban J connectivity index is 3.56. The molecule has 31 nitrogen and oxygen atoms in total. The van der Waals surface area contributed by atoms with Crippen molar-refractivity contribution in [1.29, 1.82) is 0 Å². The van der Waals surface area contributed by atoms with Gasteiger partial charge in [-0.1, -0.05) is 53.7 Å². The van der Waals surface area contributed by atoms with E-state index < -0.39 is 176 Å². The number of aromatic hydroxyl groups is 1. The molecule has 0 unspecified atom stereocenters. The Morgan fingerprint density at radius 2 is 0.963 bits per heavy atom. The van der Waals surface area contributed by atoms with Gasteiger partial charge < -0.3 is 96.3 Å². The SMILES string of the molecule is CC(C)C[C@H](N)C(=O)N[C@@H](C)C(=O)N[C@@H](CO)C(=O)N[C@@H](CCC(=O)O)C(=O)N[C@@H](CC(N)=O)C(=O)N[C@H](C(=O)N[C@@H](Cc1ccc(O)cc1)C(=O)N[C@@H](CCCN=C(N)N)C(=O)N[C@@H](CO)C(=O)N[C@H](C(=O)O)C(C)C)C(C)C. The Bertz CT molecular complexity index is 2350. The van der Waals surface area contributed by atoms with Crippen molar-refractivity contribution in [1.82, 2.24) is 47.9 Å². The first-order valence-electron chi connectivity index (χ1n) is 25.6. The lowest BCUT2D eigenvalue weighted by Gasteiger charge is -2.29. The molecule has 0 aliphatic carbocycles. The first-order valence-corrected chi connectivity index (χ1v) is 25.6. The Morgan fingerprint density at radius 1 is 0.525 bits per heavy atom. The van der Waals surface area contributed by atoms with Crippen molar-refractivity contribution in [2.24, 2.45) is 45.7 Å². The molecule has 1 rings (SSSR count). The number of aliphatic imine (C=N–C) groups is 1. The van der Waals surface area contributed by atoms with Gasteiger partial charge in [0.15, 0.2) is 5.96 Å². The molecule has 0 spiro atoms. The van der Waals surface area contributed by atoms with Gasteiger partial charge in [0, 0.05) is 19.4 Å². The summed E-state index contributed by atoms with van der Waals surface area (Å²) in [6.07, 6.45) is -2.56. The number of hydrogen-bond acceptors (Lipinski definition) is 17. The number of nitrogens with one attached hydrogen (secondary N) is 9. The van der Waals surface area contributed by atoms with Crippen LogP contribution in [-0.2, 0) is 64.0 Å². The maximum Gasteiger partial charge on any atom is 0.326 e.